The van der Waals surface area contributed by atoms with Crippen LogP contribution in [0.15, 0.2) is 191 Å². The summed E-state index contributed by atoms with van der Waals surface area (Å²) < 4.78 is 12.7. The molecule has 0 saturated carbocycles. The minimum atomic E-state index is 0.873. The highest BCUT2D eigenvalue weighted by Gasteiger charge is 2.19. The molecular formula is C52H30O2. The number of rotatable bonds is 3. The summed E-state index contributed by atoms with van der Waals surface area (Å²) in [5.74, 6) is 0. The van der Waals surface area contributed by atoms with Crippen LogP contribution in [0.1, 0.15) is 0 Å². The van der Waals surface area contributed by atoms with Crippen LogP contribution in [0, 0.1) is 0 Å². The van der Waals surface area contributed by atoms with Gasteiger partial charge in [0.15, 0.2) is 0 Å². The van der Waals surface area contributed by atoms with Crippen LogP contribution in [-0.2, 0) is 0 Å². The van der Waals surface area contributed by atoms with Crippen LogP contribution >= 0.6 is 0 Å². The number of hydrogen-bond donors (Lipinski definition) is 0. The summed E-state index contributed by atoms with van der Waals surface area (Å²) in [4.78, 5) is 0. The van der Waals surface area contributed by atoms with Crippen LogP contribution in [0.2, 0.25) is 0 Å². The monoisotopic (exact) mass is 686 g/mol. The van der Waals surface area contributed by atoms with E-state index in [1.54, 1.807) is 0 Å². The van der Waals surface area contributed by atoms with Crippen molar-refractivity contribution in [2.75, 3.05) is 0 Å². The number of hydrogen-bond acceptors (Lipinski definition) is 2. The SMILES string of the molecule is c1ccc(-c2c3ccccc3c(-c3ccc(-c4ccc5cc6oc7cc8c(cc7c6cc5c4)oc4ccccc48)c4ccccc34)c3ccccc23)cc1. The van der Waals surface area contributed by atoms with Crippen LogP contribution in [0.4, 0.5) is 0 Å². The van der Waals surface area contributed by atoms with E-state index in [9.17, 15) is 0 Å². The maximum absolute atomic E-state index is 6.47. The maximum Gasteiger partial charge on any atom is 0.136 e. The van der Waals surface area contributed by atoms with Crippen molar-refractivity contribution in [3.05, 3.63) is 182 Å². The molecule has 0 aliphatic carbocycles. The van der Waals surface area contributed by atoms with Gasteiger partial charge in [-0.15, -0.1) is 0 Å². The molecule has 0 N–H and O–H groups in total. The number of para-hydroxylation sites is 1. The molecule has 0 saturated heterocycles. The fourth-order valence-electron chi connectivity index (χ4n) is 9.01. The first-order valence-corrected chi connectivity index (χ1v) is 18.5. The van der Waals surface area contributed by atoms with Crippen LogP contribution < -0.4 is 0 Å². The molecule has 2 nitrogen and oxygen atoms in total. The molecule has 0 unspecified atom stereocenters. The molecule has 54 heavy (non-hydrogen) atoms. The zero-order valence-corrected chi connectivity index (χ0v) is 29.1. The molecule has 0 aliphatic heterocycles. The first kappa shape index (κ1) is 29.4. The summed E-state index contributed by atoms with van der Waals surface area (Å²) >= 11 is 0. The Kier molecular flexibility index (Phi) is 6.09. The maximum atomic E-state index is 6.47. The third kappa shape index (κ3) is 4.22. The van der Waals surface area contributed by atoms with E-state index in [4.69, 9.17) is 8.83 Å². The van der Waals surface area contributed by atoms with Crippen molar-refractivity contribution in [2.45, 2.75) is 0 Å². The van der Waals surface area contributed by atoms with Gasteiger partial charge < -0.3 is 8.83 Å². The van der Waals surface area contributed by atoms with Gasteiger partial charge >= 0.3 is 0 Å². The van der Waals surface area contributed by atoms with Gasteiger partial charge in [0.1, 0.15) is 22.3 Å². The fourth-order valence-corrected chi connectivity index (χ4v) is 9.01. The molecule has 0 bridgehead atoms. The second-order valence-electron chi connectivity index (χ2n) is 14.4. The lowest BCUT2D eigenvalue weighted by Gasteiger charge is -2.19. The second kappa shape index (κ2) is 11.2. The van der Waals surface area contributed by atoms with E-state index in [0.717, 1.165) is 49.3 Å². The van der Waals surface area contributed by atoms with Gasteiger partial charge in [-0.25, -0.2) is 0 Å². The Morgan fingerprint density at radius 1 is 0.241 bits per heavy atom. The molecule has 10 aromatic carbocycles. The van der Waals surface area contributed by atoms with Crippen LogP contribution in [0.3, 0.4) is 0 Å². The number of fused-ring (bicyclic) bond motifs is 10. The van der Waals surface area contributed by atoms with Gasteiger partial charge in [-0.05, 0) is 113 Å². The van der Waals surface area contributed by atoms with Crippen LogP contribution in [0.5, 0.6) is 0 Å². The highest BCUT2D eigenvalue weighted by Crippen LogP contribution is 2.47. The third-order valence-electron chi connectivity index (χ3n) is 11.4. The molecule has 0 atom stereocenters. The molecule has 2 heterocycles. The third-order valence-corrected chi connectivity index (χ3v) is 11.4. The lowest BCUT2D eigenvalue weighted by Crippen LogP contribution is -1.92. The average molecular weight is 687 g/mol. The van der Waals surface area contributed by atoms with Crippen molar-refractivity contribution < 1.29 is 8.83 Å². The van der Waals surface area contributed by atoms with Crippen molar-refractivity contribution in [3.8, 4) is 33.4 Å². The first-order valence-electron chi connectivity index (χ1n) is 18.5. The molecular weight excluding hydrogens is 657 g/mol. The first-order chi connectivity index (χ1) is 26.8. The molecule has 2 heteroatoms. The summed E-state index contributed by atoms with van der Waals surface area (Å²) in [6.45, 7) is 0. The average Bonchev–Trinajstić information content (AvgIpc) is 3.77. The van der Waals surface area contributed by atoms with E-state index in [2.05, 4.69) is 164 Å². The Morgan fingerprint density at radius 2 is 0.741 bits per heavy atom. The second-order valence-corrected chi connectivity index (χ2v) is 14.4. The van der Waals surface area contributed by atoms with Gasteiger partial charge in [0.25, 0.3) is 0 Å². The van der Waals surface area contributed by atoms with E-state index in [1.165, 1.54) is 71.1 Å². The molecule has 2 aromatic heterocycles. The molecule has 0 aliphatic rings. The van der Waals surface area contributed by atoms with Crippen molar-refractivity contribution in [3.63, 3.8) is 0 Å². The smallest absolute Gasteiger partial charge is 0.136 e. The highest BCUT2D eigenvalue weighted by molar-refractivity contribution is 6.24. The zero-order chi connectivity index (χ0) is 35.3. The Hall–Kier alpha value is -7.16. The minimum Gasteiger partial charge on any atom is -0.456 e. The molecule has 0 amide bonds. The van der Waals surface area contributed by atoms with E-state index < -0.39 is 0 Å². The van der Waals surface area contributed by atoms with Crippen molar-refractivity contribution >= 4 is 87.0 Å². The van der Waals surface area contributed by atoms with Gasteiger partial charge in [0.2, 0.25) is 0 Å². The summed E-state index contributed by atoms with van der Waals surface area (Å²) in [5, 5.41) is 14.2. The Balaban J connectivity index is 1.06. The molecule has 0 spiro atoms. The van der Waals surface area contributed by atoms with Crippen molar-refractivity contribution in [1.82, 2.24) is 0 Å². The lowest BCUT2D eigenvalue weighted by atomic mass is 9.84. The Labute approximate surface area is 310 Å². The van der Waals surface area contributed by atoms with Gasteiger partial charge in [0.05, 0.1) is 0 Å². The van der Waals surface area contributed by atoms with Crippen molar-refractivity contribution in [1.29, 1.82) is 0 Å². The topological polar surface area (TPSA) is 26.3 Å². The lowest BCUT2D eigenvalue weighted by molar-refractivity contribution is 0.664. The largest absolute Gasteiger partial charge is 0.456 e. The van der Waals surface area contributed by atoms with Gasteiger partial charge in [-0.2, -0.15) is 0 Å². The van der Waals surface area contributed by atoms with Crippen LogP contribution in [-0.4, -0.2) is 0 Å². The highest BCUT2D eigenvalue weighted by atomic mass is 16.3. The molecule has 0 fully saturated rings. The van der Waals surface area contributed by atoms with E-state index in [1.807, 2.05) is 18.2 Å². The molecule has 12 rings (SSSR count). The van der Waals surface area contributed by atoms with Gasteiger partial charge in [0, 0.05) is 21.5 Å². The zero-order valence-electron chi connectivity index (χ0n) is 29.1. The predicted molar refractivity (Wildman–Crippen MR) is 227 cm³/mol. The number of furan rings is 2. The quantitative estimate of drug-likeness (QED) is 0.173. The van der Waals surface area contributed by atoms with E-state index >= 15 is 0 Å². The predicted octanol–water partition coefficient (Wildman–Crippen LogP) is 15.1. The van der Waals surface area contributed by atoms with E-state index in [-0.39, 0.29) is 0 Å². The number of benzene rings is 10. The molecule has 250 valence electrons. The summed E-state index contributed by atoms with van der Waals surface area (Å²) in [7, 11) is 0. The summed E-state index contributed by atoms with van der Waals surface area (Å²) in [5.41, 5.74) is 11.0. The fraction of sp³-hybridized carbons (Fsp3) is 0. The van der Waals surface area contributed by atoms with Crippen LogP contribution in [0.25, 0.3) is 120 Å². The standard InChI is InChI=1S/C52H30O2/c1-2-12-31(13-3-1)51-39-17-6-8-19-41(39)52(42-20-9-7-18-40(42)51)43-25-24-35(36-14-4-5-15-37(36)43)33-23-22-32-28-48-44(27-34(32)26-33)46-30-49-45(29-50(46)54-48)38-16-10-11-21-47(38)53-49/h1-30H. The van der Waals surface area contributed by atoms with Gasteiger partial charge in [-0.1, -0.05) is 146 Å². The van der Waals surface area contributed by atoms with Crippen molar-refractivity contribution in [2.24, 2.45) is 0 Å². The van der Waals surface area contributed by atoms with Gasteiger partial charge in [-0.3, -0.25) is 0 Å². The Bertz CT molecular complexity index is 3430. The molecule has 12 aromatic rings. The minimum absolute atomic E-state index is 0.873. The summed E-state index contributed by atoms with van der Waals surface area (Å²) in [6.07, 6.45) is 0. The Morgan fingerprint density at radius 3 is 1.44 bits per heavy atom. The van der Waals surface area contributed by atoms with E-state index in [0.29, 0.717) is 0 Å². The molecule has 0 radical (unpaired) electrons. The summed E-state index contributed by atoms with van der Waals surface area (Å²) in [6, 6.07) is 65.8. The normalized spacial score (nSPS) is 12.1.